The van der Waals surface area contributed by atoms with Crippen LogP contribution >= 0.6 is 11.8 Å². The fourth-order valence-electron chi connectivity index (χ4n) is 2.58. The molecule has 5 nitrogen and oxygen atoms in total. The number of hydrogen-bond acceptors (Lipinski definition) is 4. The van der Waals surface area contributed by atoms with E-state index in [2.05, 4.69) is 45.7 Å². The van der Waals surface area contributed by atoms with E-state index in [9.17, 15) is 4.79 Å². The molecule has 1 N–H and O–H groups in total. The number of carbonyl (C=O) groups excluding carboxylic acids is 1. The highest BCUT2D eigenvalue weighted by Crippen LogP contribution is 2.40. The summed E-state index contributed by atoms with van der Waals surface area (Å²) in [5.41, 5.74) is 2.31. The summed E-state index contributed by atoms with van der Waals surface area (Å²) in [4.78, 5) is 12.4. The van der Waals surface area contributed by atoms with E-state index in [0.717, 1.165) is 16.5 Å². The van der Waals surface area contributed by atoms with E-state index in [1.165, 1.54) is 30.2 Å². The van der Waals surface area contributed by atoms with Crippen LogP contribution < -0.4 is 5.32 Å². The molecule has 1 amide bonds. The maximum atomic E-state index is 12.4. The number of nitrogens with zero attached hydrogens (tertiary/aromatic N) is 3. The van der Waals surface area contributed by atoms with Crippen molar-refractivity contribution >= 4 is 17.7 Å². The smallest absolute Gasteiger partial charge is 0.233 e. The number of aryl methyl sites for hydroxylation is 1. The first kappa shape index (κ1) is 17.7. The van der Waals surface area contributed by atoms with E-state index >= 15 is 0 Å². The van der Waals surface area contributed by atoms with Crippen molar-refractivity contribution in [2.75, 3.05) is 0 Å². The molecule has 0 saturated heterocycles. The summed E-state index contributed by atoms with van der Waals surface area (Å²) in [6.07, 6.45) is 4.19. The molecule has 25 heavy (non-hydrogen) atoms. The minimum Gasteiger partial charge on any atom is -0.351 e. The van der Waals surface area contributed by atoms with Gasteiger partial charge in [-0.05, 0) is 32.3 Å². The summed E-state index contributed by atoms with van der Waals surface area (Å²) >= 11 is 1.45. The Balaban J connectivity index is 1.59. The van der Waals surface area contributed by atoms with Gasteiger partial charge < -0.3 is 9.88 Å². The molecule has 1 aromatic heterocycles. The molecule has 3 rings (SSSR count). The lowest BCUT2D eigenvalue weighted by Gasteiger charge is -2.13. The maximum Gasteiger partial charge on any atom is 0.233 e. The van der Waals surface area contributed by atoms with Crippen LogP contribution in [0.4, 0.5) is 0 Å². The number of aromatic nitrogens is 3. The second-order valence-corrected chi connectivity index (χ2v) is 7.79. The zero-order valence-electron chi connectivity index (χ0n) is 14.7. The van der Waals surface area contributed by atoms with Crippen molar-refractivity contribution in [1.29, 1.82) is 0 Å². The van der Waals surface area contributed by atoms with Crippen molar-refractivity contribution in [2.45, 2.75) is 56.1 Å². The molecule has 6 heteroatoms. The number of allylic oxidation sites excluding steroid dienone is 1. The summed E-state index contributed by atoms with van der Waals surface area (Å²) < 4.78 is 2.08. The lowest BCUT2D eigenvalue weighted by atomic mass is 10.1. The third-order valence-corrected chi connectivity index (χ3v) is 5.32. The number of nitrogens with one attached hydrogen (secondary N) is 1. The topological polar surface area (TPSA) is 59.8 Å². The zero-order chi connectivity index (χ0) is 17.8. The van der Waals surface area contributed by atoms with Crippen LogP contribution in [0.25, 0.3) is 0 Å². The molecular formula is C19H24N4OS. The lowest BCUT2D eigenvalue weighted by molar-refractivity contribution is -0.120. The van der Waals surface area contributed by atoms with Crippen molar-refractivity contribution in [3.63, 3.8) is 0 Å². The number of carbonyl (C=O) groups is 1. The van der Waals surface area contributed by atoms with Crippen molar-refractivity contribution in [3.05, 3.63) is 53.9 Å². The molecule has 132 valence electrons. The van der Waals surface area contributed by atoms with E-state index in [1.54, 1.807) is 0 Å². The van der Waals surface area contributed by atoms with Crippen LogP contribution in [-0.4, -0.2) is 25.9 Å². The van der Waals surface area contributed by atoms with E-state index < -0.39 is 0 Å². The highest BCUT2D eigenvalue weighted by Gasteiger charge is 2.30. The molecule has 1 fully saturated rings. The Kier molecular flexibility index (Phi) is 5.58. The number of thioether (sulfide) groups is 1. The van der Waals surface area contributed by atoms with E-state index in [4.69, 9.17) is 0 Å². The minimum absolute atomic E-state index is 0.00620. The van der Waals surface area contributed by atoms with Gasteiger partial charge in [-0.15, -0.1) is 16.8 Å². The number of amides is 1. The number of benzene rings is 1. The molecule has 1 aliphatic rings. The van der Waals surface area contributed by atoms with Gasteiger partial charge in [-0.3, -0.25) is 4.79 Å². The normalized spacial score (nSPS) is 15.0. The molecule has 0 radical (unpaired) electrons. The first-order valence-corrected chi connectivity index (χ1v) is 9.50. The van der Waals surface area contributed by atoms with Crippen molar-refractivity contribution < 1.29 is 4.79 Å². The fourth-order valence-corrected chi connectivity index (χ4v) is 3.47. The monoisotopic (exact) mass is 356 g/mol. The van der Waals surface area contributed by atoms with Crippen molar-refractivity contribution in [1.82, 2.24) is 20.1 Å². The largest absolute Gasteiger partial charge is 0.351 e. The molecule has 1 unspecified atom stereocenters. The Bertz CT molecular complexity index is 749. The molecule has 0 aliphatic heterocycles. The van der Waals surface area contributed by atoms with E-state index in [0.29, 0.717) is 19.0 Å². The number of hydrogen-bond donors (Lipinski definition) is 1. The third-order valence-electron chi connectivity index (χ3n) is 4.24. The molecule has 1 aromatic carbocycles. The third kappa shape index (κ3) is 4.51. The standard InChI is InChI=1S/C19H24N4OS/c1-4-11-23-17(16-9-10-16)21-22-19(23)25-14(3)18(24)20-12-15-7-5-13(2)6-8-15/h4-8,14,16H,1,9-12H2,2-3H3,(H,20,24). The molecule has 1 heterocycles. The van der Waals surface area contributed by atoms with Gasteiger partial charge in [0.2, 0.25) is 5.91 Å². The van der Waals surface area contributed by atoms with Crippen molar-refractivity contribution in [2.24, 2.45) is 0 Å². The van der Waals surface area contributed by atoms with Gasteiger partial charge in [0, 0.05) is 19.0 Å². The predicted octanol–water partition coefficient (Wildman–Crippen LogP) is 3.45. The van der Waals surface area contributed by atoms with Gasteiger partial charge in [0.15, 0.2) is 5.16 Å². The Labute approximate surface area is 152 Å². The summed E-state index contributed by atoms with van der Waals surface area (Å²) in [5, 5.41) is 12.2. The first-order valence-electron chi connectivity index (χ1n) is 8.62. The van der Waals surface area contributed by atoms with Crippen LogP contribution in [-0.2, 0) is 17.9 Å². The summed E-state index contributed by atoms with van der Waals surface area (Å²) in [6.45, 7) is 8.99. The van der Waals surface area contributed by atoms with Crippen LogP contribution in [0.3, 0.4) is 0 Å². The lowest BCUT2D eigenvalue weighted by Crippen LogP contribution is -2.30. The Morgan fingerprint density at radius 3 is 2.76 bits per heavy atom. The van der Waals surface area contributed by atoms with Gasteiger partial charge >= 0.3 is 0 Å². The molecule has 0 spiro atoms. The Hall–Kier alpha value is -2.08. The molecule has 1 saturated carbocycles. The molecule has 0 bridgehead atoms. The van der Waals surface area contributed by atoms with Crippen molar-refractivity contribution in [3.8, 4) is 0 Å². The highest BCUT2D eigenvalue weighted by molar-refractivity contribution is 8.00. The first-order chi connectivity index (χ1) is 12.1. The van der Waals surface area contributed by atoms with Gasteiger partial charge in [0.1, 0.15) is 5.82 Å². The van der Waals surface area contributed by atoms with Gasteiger partial charge in [-0.25, -0.2) is 0 Å². The van der Waals surface area contributed by atoms with Gasteiger partial charge in [0.05, 0.1) is 5.25 Å². The van der Waals surface area contributed by atoms with Crippen LogP contribution in [0, 0.1) is 6.92 Å². The summed E-state index contributed by atoms with van der Waals surface area (Å²) in [6, 6.07) is 8.18. The Morgan fingerprint density at radius 1 is 1.40 bits per heavy atom. The zero-order valence-corrected chi connectivity index (χ0v) is 15.6. The average molecular weight is 356 g/mol. The second-order valence-electron chi connectivity index (χ2n) is 6.48. The van der Waals surface area contributed by atoms with Crippen LogP contribution in [0.5, 0.6) is 0 Å². The summed E-state index contributed by atoms with van der Waals surface area (Å²) in [7, 11) is 0. The van der Waals surface area contributed by atoms with Crippen LogP contribution in [0.2, 0.25) is 0 Å². The number of rotatable bonds is 8. The SMILES string of the molecule is C=CCn1c(SC(C)C(=O)NCc2ccc(C)cc2)nnc1C1CC1. The predicted molar refractivity (Wildman–Crippen MR) is 101 cm³/mol. The van der Waals surface area contributed by atoms with Crippen LogP contribution in [0.15, 0.2) is 42.1 Å². The van der Waals surface area contributed by atoms with E-state index in [-0.39, 0.29) is 11.2 Å². The van der Waals surface area contributed by atoms with Gasteiger partial charge in [-0.2, -0.15) is 0 Å². The molecule has 2 aromatic rings. The molecular weight excluding hydrogens is 332 g/mol. The molecule has 1 atom stereocenters. The van der Waals surface area contributed by atoms with Gasteiger partial charge in [-0.1, -0.05) is 47.7 Å². The minimum atomic E-state index is -0.231. The molecule has 1 aliphatic carbocycles. The summed E-state index contributed by atoms with van der Waals surface area (Å²) in [5.74, 6) is 1.55. The second kappa shape index (κ2) is 7.87. The van der Waals surface area contributed by atoms with Gasteiger partial charge in [0.25, 0.3) is 0 Å². The quantitative estimate of drug-likeness (QED) is 0.581. The van der Waals surface area contributed by atoms with Crippen LogP contribution in [0.1, 0.15) is 42.6 Å². The fraction of sp³-hybridized carbons (Fsp3) is 0.421. The van der Waals surface area contributed by atoms with E-state index in [1.807, 2.05) is 25.1 Å². The highest BCUT2D eigenvalue weighted by atomic mass is 32.2. The average Bonchev–Trinajstić information content (AvgIpc) is 3.38. The Morgan fingerprint density at radius 2 is 2.12 bits per heavy atom. The maximum absolute atomic E-state index is 12.4.